The van der Waals surface area contributed by atoms with Gasteiger partial charge >= 0.3 is 0 Å². The normalized spacial score (nSPS) is 13.1. The number of allylic oxidation sites excluding steroid dienone is 1. The molecule has 0 aliphatic heterocycles. The van der Waals surface area contributed by atoms with Crippen LogP contribution in [0.3, 0.4) is 0 Å². The lowest BCUT2D eigenvalue weighted by Gasteiger charge is -2.19. The van der Waals surface area contributed by atoms with Gasteiger partial charge in [0.15, 0.2) is 9.84 Å². The molecule has 0 heterocycles. The molecule has 0 aliphatic rings. The van der Waals surface area contributed by atoms with Crippen LogP contribution in [0.25, 0.3) is 0 Å². The monoisotopic (exact) mass is 174 g/mol. The van der Waals surface area contributed by atoms with Crippen LogP contribution in [0, 0.1) is 6.92 Å². The summed E-state index contributed by atoms with van der Waals surface area (Å²) in [4.78, 5) is 0.102. The van der Waals surface area contributed by atoms with Gasteiger partial charge in [-0.2, -0.15) is 0 Å². The highest BCUT2D eigenvalue weighted by Crippen LogP contribution is 2.23. The first-order valence-electron chi connectivity index (χ1n) is 3.36. The van der Waals surface area contributed by atoms with Crippen LogP contribution >= 0.6 is 0 Å². The minimum absolute atomic E-state index is 0.000394. The Bertz CT molecular complexity index is 242. The van der Waals surface area contributed by atoms with Crippen LogP contribution < -0.4 is 0 Å². The van der Waals surface area contributed by atoms with E-state index in [0.717, 1.165) is 0 Å². The van der Waals surface area contributed by atoms with E-state index in [1.54, 1.807) is 20.8 Å². The first-order valence-corrected chi connectivity index (χ1v) is 4.84. The second kappa shape index (κ2) is 2.97. The lowest BCUT2D eigenvalue weighted by molar-refractivity contribution is 0.566. The molecule has 0 unspecified atom stereocenters. The van der Waals surface area contributed by atoms with Crippen molar-refractivity contribution in [2.45, 2.75) is 31.9 Å². The van der Waals surface area contributed by atoms with Crippen molar-refractivity contribution in [3.05, 3.63) is 18.4 Å². The summed E-state index contributed by atoms with van der Waals surface area (Å²) in [5, 5.41) is 0. The van der Waals surface area contributed by atoms with Gasteiger partial charge in [0.1, 0.15) is 0 Å². The van der Waals surface area contributed by atoms with Crippen molar-refractivity contribution in [2.75, 3.05) is 0 Å². The molecule has 11 heavy (non-hydrogen) atoms. The molecule has 0 N–H and O–H groups in total. The van der Waals surface area contributed by atoms with Crippen molar-refractivity contribution in [3.8, 4) is 0 Å². The van der Waals surface area contributed by atoms with Crippen LogP contribution in [-0.2, 0) is 9.84 Å². The van der Waals surface area contributed by atoms with Gasteiger partial charge in [-0.1, -0.05) is 6.58 Å². The third-order valence-electron chi connectivity index (χ3n) is 1.41. The third kappa shape index (κ3) is 2.06. The van der Waals surface area contributed by atoms with E-state index in [-0.39, 0.29) is 11.3 Å². The molecule has 2 nitrogen and oxygen atoms in total. The van der Waals surface area contributed by atoms with E-state index in [2.05, 4.69) is 6.58 Å². The molecular formula is C8H14O2S. The smallest absolute Gasteiger partial charge is 0.178 e. The van der Waals surface area contributed by atoms with Crippen LogP contribution in [-0.4, -0.2) is 13.2 Å². The van der Waals surface area contributed by atoms with E-state index in [1.165, 1.54) is 0 Å². The van der Waals surface area contributed by atoms with E-state index < -0.39 is 14.6 Å². The fourth-order valence-corrected chi connectivity index (χ4v) is 1.63. The van der Waals surface area contributed by atoms with Crippen molar-refractivity contribution in [2.24, 2.45) is 0 Å². The van der Waals surface area contributed by atoms with Gasteiger partial charge < -0.3 is 0 Å². The molecule has 0 atom stereocenters. The molecule has 0 amide bonds. The topological polar surface area (TPSA) is 34.1 Å². The Hall–Kier alpha value is -0.310. The Morgan fingerprint density at radius 2 is 1.82 bits per heavy atom. The number of rotatable bonds is 2. The SMILES string of the molecule is [CH]CC(=C)S(=O)(=O)C(C)(C)C. The van der Waals surface area contributed by atoms with Crippen LogP contribution in [0.4, 0.5) is 0 Å². The second-order valence-electron chi connectivity index (χ2n) is 3.36. The van der Waals surface area contributed by atoms with Crippen LogP contribution in [0.2, 0.25) is 0 Å². The molecule has 3 heteroatoms. The van der Waals surface area contributed by atoms with Crippen molar-refractivity contribution in [3.63, 3.8) is 0 Å². The Morgan fingerprint density at radius 3 is 1.91 bits per heavy atom. The molecule has 0 saturated carbocycles. The van der Waals surface area contributed by atoms with E-state index >= 15 is 0 Å². The minimum atomic E-state index is -3.25. The van der Waals surface area contributed by atoms with Gasteiger partial charge in [-0.3, -0.25) is 0 Å². The molecule has 0 bridgehead atoms. The van der Waals surface area contributed by atoms with Crippen LogP contribution in [0.15, 0.2) is 11.5 Å². The predicted molar refractivity (Wildman–Crippen MR) is 46.7 cm³/mol. The van der Waals surface area contributed by atoms with E-state index in [0.29, 0.717) is 0 Å². The van der Waals surface area contributed by atoms with Gasteiger partial charge in [0.2, 0.25) is 0 Å². The van der Waals surface area contributed by atoms with Gasteiger partial charge in [-0.15, -0.1) is 0 Å². The molecule has 0 aliphatic carbocycles. The number of sulfone groups is 1. The van der Waals surface area contributed by atoms with Crippen molar-refractivity contribution < 1.29 is 8.42 Å². The summed E-state index contributed by atoms with van der Waals surface area (Å²) in [6, 6.07) is 0. The van der Waals surface area contributed by atoms with Gasteiger partial charge in [0.05, 0.1) is 4.75 Å². The highest BCUT2D eigenvalue weighted by molar-refractivity contribution is 7.96. The molecule has 0 saturated heterocycles. The molecule has 0 aromatic heterocycles. The Balaban J connectivity index is 4.93. The van der Waals surface area contributed by atoms with Crippen LogP contribution in [0.1, 0.15) is 27.2 Å². The van der Waals surface area contributed by atoms with Gasteiger partial charge in [-0.25, -0.2) is 8.42 Å². The number of hydrogen-bond acceptors (Lipinski definition) is 2. The molecule has 0 aromatic rings. The van der Waals surface area contributed by atoms with Crippen LogP contribution in [0.5, 0.6) is 0 Å². The Morgan fingerprint density at radius 1 is 1.45 bits per heavy atom. The Labute approximate surface area is 69.2 Å². The zero-order valence-corrected chi connectivity index (χ0v) is 8.03. The second-order valence-corrected chi connectivity index (χ2v) is 6.17. The third-order valence-corrected chi connectivity index (χ3v) is 3.95. The first kappa shape index (κ1) is 10.7. The summed E-state index contributed by atoms with van der Waals surface area (Å²) in [7, 11) is -3.25. The van der Waals surface area contributed by atoms with E-state index in [1.807, 2.05) is 0 Å². The fraction of sp³-hybridized carbons (Fsp3) is 0.625. The van der Waals surface area contributed by atoms with Gasteiger partial charge in [0.25, 0.3) is 0 Å². The lowest BCUT2D eigenvalue weighted by Crippen LogP contribution is -2.28. The molecule has 64 valence electrons. The van der Waals surface area contributed by atoms with Crippen molar-refractivity contribution in [1.82, 2.24) is 0 Å². The van der Waals surface area contributed by atoms with Crippen molar-refractivity contribution >= 4 is 9.84 Å². The highest BCUT2D eigenvalue weighted by atomic mass is 32.2. The summed E-state index contributed by atoms with van der Waals surface area (Å²) >= 11 is 0. The van der Waals surface area contributed by atoms with Gasteiger partial charge in [-0.05, 0) is 34.1 Å². The first-order chi connectivity index (χ1) is 4.73. The quantitative estimate of drug-likeness (QED) is 0.640. The predicted octanol–water partition coefficient (Wildman–Crippen LogP) is 1.81. The summed E-state index contributed by atoms with van der Waals surface area (Å²) in [6.07, 6.45) is -0.000394. The fourth-order valence-electron chi connectivity index (χ4n) is 0.543. The summed E-state index contributed by atoms with van der Waals surface area (Å²) in [5.41, 5.74) is 0. The maximum absolute atomic E-state index is 11.4. The maximum atomic E-state index is 11.4. The van der Waals surface area contributed by atoms with Gasteiger partial charge in [0, 0.05) is 4.91 Å². The molecule has 2 radical (unpaired) electrons. The summed E-state index contributed by atoms with van der Waals surface area (Å²) < 4.78 is 22.0. The molecule has 0 aromatic carbocycles. The highest BCUT2D eigenvalue weighted by Gasteiger charge is 2.30. The summed E-state index contributed by atoms with van der Waals surface area (Å²) in [6.45, 7) is 13.5. The molecule has 0 rings (SSSR count). The maximum Gasteiger partial charge on any atom is 0.178 e. The number of hydrogen-bond donors (Lipinski definition) is 0. The lowest BCUT2D eigenvalue weighted by atomic mass is 10.3. The largest absolute Gasteiger partial charge is 0.224 e. The minimum Gasteiger partial charge on any atom is -0.224 e. The van der Waals surface area contributed by atoms with Crippen molar-refractivity contribution in [1.29, 1.82) is 0 Å². The molecular weight excluding hydrogens is 160 g/mol. The average Bonchev–Trinajstić information content (AvgIpc) is 1.83. The standard InChI is InChI=1S/C8H14O2S/c1-6-7(2)11(9,10)8(3,4)5/h1H,2,6H2,3-5H3. The molecule has 0 fully saturated rings. The zero-order valence-electron chi connectivity index (χ0n) is 7.22. The molecule has 0 spiro atoms. The van der Waals surface area contributed by atoms with E-state index in [4.69, 9.17) is 6.92 Å². The average molecular weight is 174 g/mol. The van der Waals surface area contributed by atoms with E-state index in [9.17, 15) is 8.42 Å². The Kier molecular flexibility index (Phi) is 2.89. The summed E-state index contributed by atoms with van der Waals surface area (Å²) in [5.74, 6) is 0. The zero-order chi connectivity index (χ0) is 9.28.